The van der Waals surface area contributed by atoms with Crippen LogP contribution in [0.4, 0.5) is 0 Å². The molecule has 2 fully saturated rings. The van der Waals surface area contributed by atoms with Crippen LogP contribution in [0, 0.1) is 5.92 Å². The van der Waals surface area contributed by atoms with Gasteiger partial charge in [-0.3, -0.25) is 4.99 Å². The molecule has 0 aliphatic carbocycles. The summed E-state index contributed by atoms with van der Waals surface area (Å²) >= 11 is 0. The summed E-state index contributed by atoms with van der Waals surface area (Å²) in [7, 11) is 0. The first-order chi connectivity index (χ1) is 13.7. The molecule has 6 heteroatoms. The Kier molecular flexibility index (Phi) is 8.58. The van der Waals surface area contributed by atoms with Gasteiger partial charge in [-0.05, 0) is 37.7 Å². The average molecular weight is 389 g/mol. The number of aliphatic hydroxyl groups is 1. The van der Waals surface area contributed by atoms with E-state index in [0.29, 0.717) is 19.0 Å². The van der Waals surface area contributed by atoms with Gasteiger partial charge in [0, 0.05) is 45.2 Å². The molecule has 0 radical (unpaired) electrons. The number of nitrogens with one attached hydrogen (secondary N) is 2. The summed E-state index contributed by atoms with van der Waals surface area (Å²) in [6.45, 7) is 8.60. The highest BCUT2D eigenvalue weighted by Gasteiger charge is 2.24. The molecular formula is C22H36N4O2. The van der Waals surface area contributed by atoms with Crippen LogP contribution >= 0.6 is 0 Å². The van der Waals surface area contributed by atoms with Crippen LogP contribution in [0.3, 0.4) is 0 Å². The largest absolute Gasteiger partial charge is 0.391 e. The molecule has 0 bridgehead atoms. The molecule has 156 valence electrons. The molecule has 2 unspecified atom stereocenters. The lowest BCUT2D eigenvalue weighted by molar-refractivity contribution is 0.150. The molecule has 2 heterocycles. The molecule has 2 saturated heterocycles. The molecule has 0 aromatic heterocycles. The summed E-state index contributed by atoms with van der Waals surface area (Å²) in [5, 5.41) is 17.2. The lowest BCUT2D eigenvalue weighted by Gasteiger charge is -2.34. The topological polar surface area (TPSA) is 69.1 Å². The van der Waals surface area contributed by atoms with Gasteiger partial charge in [-0.1, -0.05) is 30.3 Å². The molecule has 6 nitrogen and oxygen atoms in total. The van der Waals surface area contributed by atoms with E-state index in [1.807, 2.05) is 30.3 Å². The van der Waals surface area contributed by atoms with Gasteiger partial charge in [0.15, 0.2) is 5.96 Å². The van der Waals surface area contributed by atoms with Gasteiger partial charge in [0.2, 0.25) is 0 Å². The third-order valence-electron chi connectivity index (χ3n) is 5.59. The second-order valence-corrected chi connectivity index (χ2v) is 8.01. The monoisotopic (exact) mass is 388 g/mol. The first-order valence-corrected chi connectivity index (χ1v) is 10.8. The minimum Gasteiger partial charge on any atom is -0.391 e. The molecule has 2 aliphatic rings. The Balaban J connectivity index is 1.41. The fraction of sp³-hybridized carbons (Fsp3) is 0.682. The van der Waals surface area contributed by atoms with Crippen LogP contribution in [-0.2, 0) is 11.2 Å². The number of rotatable bonds is 8. The number of aliphatic imine (C=N–C) groups is 1. The number of benzene rings is 1. The zero-order valence-electron chi connectivity index (χ0n) is 17.1. The number of hydrogen-bond donors (Lipinski definition) is 3. The molecular weight excluding hydrogens is 352 g/mol. The predicted molar refractivity (Wildman–Crippen MR) is 114 cm³/mol. The van der Waals surface area contributed by atoms with Gasteiger partial charge in [0.1, 0.15) is 0 Å². The Morgan fingerprint density at radius 2 is 2.04 bits per heavy atom. The zero-order chi connectivity index (χ0) is 19.6. The third-order valence-corrected chi connectivity index (χ3v) is 5.59. The van der Waals surface area contributed by atoms with E-state index in [1.54, 1.807) is 0 Å². The lowest BCUT2D eigenvalue weighted by atomic mass is 10.0. The van der Waals surface area contributed by atoms with Crippen molar-refractivity contribution in [1.29, 1.82) is 0 Å². The summed E-state index contributed by atoms with van der Waals surface area (Å²) in [6, 6.07) is 10.5. The number of ether oxygens (including phenoxy) is 1. The van der Waals surface area contributed by atoms with E-state index in [-0.39, 0.29) is 0 Å². The zero-order valence-corrected chi connectivity index (χ0v) is 17.1. The van der Waals surface area contributed by atoms with Gasteiger partial charge in [-0.2, -0.15) is 0 Å². The Bertz CT molecular complexity index is 581. The van der Waals surface area contributed by atoms with Crippen molar-refractivity contribution in [2.75, 3.05) is 45.9 Å². The molecule has 2 atom stereocenters. The number of guanidine groups is 1. The molecule has 0 amide bonds. The summed E-state index contributed by atoms with van der Waals surface area (Å²) in [5.74, 6) is 1.53. The number of hydrogen-bond acceptors (Lipinski definition) is 4. The van der Waals surface area contributed by atoms with E-state index < -0.39 is 6.10 Å². The number of likely N-dealkylation sites (tertiary alicyclic amines) is 1. The number of piperidine rings is 1. The van der Waals surface area contributed by atoms with Gasteiger partial charge in [-0.25, -0.2) is 0 Å². The van der Waals surface area contributed by atoms with E-state index in [9.17, 15) is 5.11 Å². The second kappa shape index (κ2) is 11.4. The number of aliphatic hydroxyl groups excluding tert-OH is 1. The van der Waals surface area contributed by atoms with Crippen molar-refractivity contribution in [3.63, 3.8) is 0 Å². The van der Waals surface area contributed by atoms with Crippen molar-refractivity contribution in [3.05, 3.63) is 35.9 Å². The van der Waals surface area contributed by atoms with E-state index in [4.69, 9.17) is 4.74 Å². The van der Waals surface area contributed by atoms with Gasteiger partial charge in [0.25, 0.3) is 0 Å². The molecule has 3 rings (SSSR count). The van der Waals surface area contributed by atoms with Crippen LogP contribution in [0.25, 0.3) is 0 Å². The Morgan fingerprint density at radius 1 is 1.25 bits per heavy atom. The third kappa shape index (κ3) is 7.08. The van der Waals surface area contributed by atoms with Crippen molar-refractivity contribution in [3.8, 4) is 0 Å². The molecule has 3 N–H and O–H groups in total. The smallest absolute Gasteiger partial charge is 0.191 e. The van der Waals surface area contributed by atoms with Gasteiger partial charge in [0.05, 0.1) is 19.3 Å². The number of nitrogens with zero attached hydrogens (tertiary/aromatic N) is 2. The first-order valence-electron chi connectivity index (χ1n) is 10.8. The van der Waals surface area contributed by atoms with Crippen LogP contribution in [0.2, 0.25) is 0 Å². The molecule has 2 aliphatic heterocycles. The van der Waals surface area contributed by atoms with Crippen molar-refractivity contribution >= 4 is 5.96 Å². The van der Waals surface area contributed by atoms with Crippen LogP contribution in [-0.4, -0.2) is 74.0 Å². The molecule has 0 spiro atoms. The van der Waals surface area contributed by atoms with E-state index >= 15 is 0 Å². The fourth-order valence-electron chi connectivity index (χ4n) is 4.01. The molecule has 1 aromatic carbocycles. The molecule has 0 saturated carbocycles. The summed E-state index contributed by atoms with van der Waals surface area (Å²) in [6.07, 6.45) is 3.64. The Labute approximate surface area is 169 Å². The van der Waals surface area contributed by atoms with Crippen LogP contribution in [0.15, 0.2) is 35.3 Å². The lowest BCUT2D eigenvalue weighted by Crippen LogP contribution is -2.49. The van der Waals surface area contributed by atoms with Crippen molar-refractivity contribution in [2.24, 2.45) is 10.9 Å². The van der Waals surface area contributed by atoms with Crippen molar-refractivity contribution in [2.45, 2.75) is 44.8 Å². The molecule has 28 heavy (non-hydrogen) atoms. The fourth-order valence-corrected chi connectivity index (χ4v) is 4.01. The minimum atomic E-state index is -0.465. The maximum absolute atomic E-state index is 10.3. The minimum absolute atomic E-state index is 0.407. The van der Waals surface area contributed by atoms with Gasteiger partial charge >= 0.3 is 0 Å². The molecule has 1 aromatic rings. The normalized spacial score (nSPS) is 22.9. The summed E-state index contributed by atoms with van der Waals surface area (Å²) in [5.41, 5.74) is 1.14. The van der Waals surface area contributed by atoms with Crippen LogP contribution in [0.5, 0.6) is 0 Å². The summed E-state index contributed by atoms with van der Waals surface area (Å²) < 4.78 is 5.50. The Hall–Kier alpha value is -1.63. The highest BCUT2D eigenvalue weighted by Crippen LogP contribution is 2.17. The average Bonchev–Trinajstić information content (AvgIpc) is 3.22. The maximum Gasteiger partial charge on any atom is 0.191 e. The predicted octanol–water partition coefficient (Wildman–Crippen LogP) is 1.65. The van der Waals surface area contributed by atoms with E-state index in [1.165, 1.54) is 13.0 Å². The first kappa shape index (κ1) is 21.1. The second-order valence-electron chi connectivity index (χ2n) is 8.01. The Morgan fingerprint density at radius 3 is 2.71 bits per heavy atom. The van der Waals surface area contributed by atoms with Crippen molar-refractivity contribution in [1.82, 2.24) is 15.5 Å². The highest BCUT2D eigenvalue weighted by atomic mass is 16.5. The SMILES string of the molecule is CCNC(=NCC(O)Cc1ccccc1)NC1CCN(CC2CCOC2)CC1. The van der Waals surface area contributed by atoms with Crippen LogP contribution < -0.4 is 10.6 Å². The van der Waals surface area contributed by atoms with Gasteiger partial charge < -0.3 is 25.4 Å². The van der Waals surface area contributed by atoms with E-state index in [2.05, 4.69) is 27.4 Å². The van der Waals surface area contributed by atoms with Gasteiger partial charge in [-0.15, -0.1) is 0 Å². The van der Waals surface area contributed by atoms with Crippen molar-refractivity contribution < 1.29 is 9.84 Å². The quantitative estimate of drug-likeness (QED) is 0.467. The standard InChI is InChI=1S/C22H36N4O2/c1-2-23-22(24-15-21(27)14-18-6-4-3-5-7-18)25-20-8-11-26(12-9-20)16-19-10-13-28-17-19/h3-7,19-21,27H,2,8-17H2,1H3,(H2,23,24,25). The van der Waals surface area contributed by atoms with E-state index in [0.717, 1.165) is 63.1 Å². The highest BCUT2D eigenvalue weighted by molar-refractivity contribution is 5.80. The van der Waals surface area contributed by atoms with Crippen LogP contribution in [0.1, 0.15) is 31.7 Å². The summed E-state index contributed by atoms with van der Waals surface area (Å²) in [4.78, 5) is 7.19. The maximum atomic E-state index is 10.3.